The Hall–Kier alpha value is -1.06. The SMILES string of the molecule is COC(=O)CCCCCCCCCCCCCCCC[C@H](C)[C@@H]1C[C@@H]1CCCCCCCCCCCCCCCCCCOC(=O)C(C)(C)C. The summed E-state index contributed by atoms with van der Waals surface area (Å²) in [5, 5.41) is 0. The lowest BCUT2D eigenvalue weighted by Gasteiger charge is -2.16. The van der Waals surface area contributed by atoms with Gasteiger partial charge in [-0.25, -0.2) is 0 Å². The van der Waals surface area contributed by atoms with Crippen LogP contribution in [0.1, 0.15) is 246 Å². The quantitative estimate of drug-likeness (QED) is 0.0477. The number of rotatable bonds is 37. The Labute approximate surface area is 313 Å². The molecule has 0 aliphatic heterocycles. The molecule has 0 aromatic carbocycles. The Balaban J connectivity index is 1.73. The van der Waals surface area contributed by atoms with Crippen LogP contribution in [0.15, 0.2) is 0 Å². The number of hydrogen-bond acceptors (Lipinski definition) is 4. The fraction of sp³-hybridized carbons (Fsp3) is 0.957. The maximum absolute atomic E-state index is 11.8. The van der Waals surface area contributed by atoms with Crippen molar-refractivity contribution in [1.29, 1.82) is 0 Å². The van der Waals surface area contributed by atoms with Gasteiger partial charge in [0.05, 0.1) is 19.1 Å². The van der Waals surface area contributed by atoms with Gasteiger partial charge in [0, 0.05) is 6.42 Å². The van der Waals surface area contributed by atoms with Crippen molar-refractivity contribution in [3.05, 3.63) is 0 Å². The number of ether oxygens (including phenoxy) is 2. The zero-order valence-electron chi connectivity index (χ0n) is 34.6. The predicted molar refractivity (Wildman–Crippen MR) is 216 cm³/mol. The first-order chi connectivity index (χ1) is 24.3. The van der Waals surface area contributed by atoms with Crippen LogP contribution in [-0.2, 0) is 19.1 Å². The number of hydrogen-bond donors (Lipinski definition) is 0. The fourth-order valence-electron chi connectivity index (χ4n) is 7.84. The molecule has 0 unspecified atom stereocenters. The minimum Gasteiger partial charge on any atom is -0.469 e. The molecule has 4 heteroatoms. The Morgan fingerprint density at radius 3 is 1.30 bits per heavy atom. The van der Waals surface area contributed by atoms with Gasteiger partial charge in [-0.1, -0.05) is 200 Å². The average molecular weight is 705 g/mol. The van der Waals surface area contributed by atoms with Crippen molar-refractivity contribution in [2.24, 2.45) is 23.2 Å². The Bertz CT molecular complexity index is 771. The summed E-state index contributed by atoms with van der Waals surface area (Å²) in [7, 11) is 1.48. The van der Waals surface area contributed by atoms with Crippen LogP contribution in [0.5, 0.6) is 0 Å². The predicted octanol–water partition coefficient (Wildman–Crippen LogP) is 14.9. The third-order valence-electron chi connectivity index (χ3n) is 11.5. The molecular formula is C46H88O4. The molecule has 0 aromatic rings. The second-order valence-electron chi connectivity index (χ2n) is 17.5. The number of unbranched alkanes of at least 4 members (excludes halogenated alkanes) is 28. The third-order valence-corrected chi connectivity index (χ3v) is 11.5. The molecule has 1 saturated carbocycles. The summed E-state index contributed by atoms with van der Waals surface area (Å²) in [5.41, 5.74) is -0.376. The standard InChI is InChI=1S/C46H88O4/c1-41(36-32-28-24-20-16-12-9-10-14-18-22-26-30-34-38-44(47)49-5)43-40-42(43)37-33-29-25-21-17-13-8-6-7-11-15-19-23-27-31-35-39-50-45(48)46(2,3)4/h41-43H,6-40H2,1-5H3/t41-,42-,43-/m0/s1. The second kappa shape index (κ2) is 32.6. The normalized spacial score (nSPS) is 16.4. The third kappa shape index (κ3) is 29.5. The van der Waals surface area contributed by atoms with E-state index in [1.54, 1.807) is 0 Å². The van der Waals surface area contributed by atoms with E-state index in [0.29, 0.717) is 13.0 Å². The lowest BCUT2D eigenvalue weighted by molar-refractivity contribution is -0.153. The summed E-state index contributed by atoms with van der Waals surface area (Å²) < 4.78 is 10.0. The van der Waals surface area contributed by atoms with Crippen LogP contribution in [0.4, 0.5) is 0 Å². The molecule has 1 fully saturated rings. The van der Waals surface area contributed by atoms with Crippen molar-refractivity contribution in [1.82, 2.24) is 0 Å². The molecule has 0 amide bonds. The van der Waals surface area contributed by atoms with Crippen LogP contribution >= 0.6 is 0 Å². The molecule has 4 nitrogen and oxygen atoms in total. The van der Waals surface area contributed by atoms with Gasteiger partial charge in [0.1, 0.15) is 0 Å². The van der Waals surface area contributed by atoms with E-state index in [1.165, 1.54) is 206 Å². The fourth-order valence-corrected chi connectivity index (χ4v) is 7.84. The van der Waals surface area contributed by atoms with Crippen LogP contribution in [0.3, 0.4) is 0 Å². The lowest BCUT2D eigenvalue weighted by Crippen LogP contribution is -2.23. The van der Waals surface area contributed by atoms with Crippen molar-refractivity contribution < 1.29 is 19.1 Å². The van der Waals surface area contributed by atoms with Crippen molar-refractivity contribution in [3.63, 3.8) is 0 Å². The number of carbonyl (C=O) groups is 2. The minimum absolute atomic E-state index is 0.0627. The monoisotopic (exact) mass is 705 g/mol. The summed E-state index contributed by atoms with van der Waals surface area (Å²) >= 11 is 0. The van der Waals surface area contributed by atoms with Gasteiger partial charge in [-0.2, -0.15) is 0 Å². The molecule has 1 aliphatic carbocycles. The molecule has 0 spiro atoms. The topological polar surface area (TPSA) is 52.6 Å². The van der Waals surface area contributed by atoms with E-state index >= 15 is 0 Å². The highest BCUT2D eigenvalue weighted by Gasteiger charge is 2.39. The number of carbonyl (C=O) groups excluding carboxylic acids is 2. The Morgan fingerprint density at radius 2 is 0.900 bits per heavy atom. The molecule has 0 aromatic heterocycles. The van der Waals surface area contributed by atoms with E-state index in [4.69, 9.17) is 9.47 Å². The summed E-state index contributed by atoms with van der Waals surface area (Å²) in [6.45, 7) is 8.88. The maximum atomic E-state index is 11.8. The number of esters is 2. The molecule has 0 N–H and O–H groups in total. The summed E-state index contributed by atoms with van der Waals surface area (Å²) in [6, 6.07) is 0. The van der Waals surface area contributed by atoms with E-state index in [-0.39, 0.29) is 17.4 Å². The molecule has 1 rings (SSSR count). The van der Waals surface area contributed by atoms with Gasteiger partial charge < -0.3 is 9.47 Å². The zero-order valence-corrected chi connectivity index (χ0v) is 34.6. The molecule has 0 saturated heterocycles. The van der Waals surface area contributed by atoms with E-state index < -0.39 is 0 Å². The Kier molecular flexibility index (Phi) is 30.6. The van der Waals surface area contributed by atoms with E-state index in [0.717, 1.165) is 30.6 Å². The van der Waals surface area contributed by atoms with Crippen LogP contribution in [-0.4, -0.2) is 25.7 Å². The average Bonchev–Trinajstić information content (AvgIpc) is 3.88. The van der Waals surface area contributed by atoms with Gasteiger partial charge in [-0.3, -0.25) is 9.59 Å². The van der Waals surface area contributed by atoms with Crippen molar-refractivity contribution in [2.45, 2.75) is 246 Å². The van der Waals surface area contributed by atoms with Crippen molar-refractivity contribution in [3.8, 4) is 0 Å². The van der Waals surface area contributed by atoms with Gasteiger partial charge in [0.25, 0.3) is 0 Å². The van der Waals surface area contributed by atoms with Crippen LogP contribution in [0.2, 0.25) is 0 Å². The summed E-state index contributed by atoms with van der Waals surface area (Å²) in [5.74, 6) is 2.96. The molecule has 296 valence electrons. The molecule has 1 aliphatic rings. The lowest BCUT2D eigenvalue weighted by atomic mass is 9.95. The molecule has 0 radical (unpaired) electrons. The Morgan fingerprint density at radius 1 is 0.540 bits per heavy atom. The van der Waals surface area contributed by atoms with E-state index in [9.17, 15) is 9.59 Å². The van der Waals surface area contributed by atoms with E-state index in [1.807, 2.05) is 20.8 Å². The van der Waals surface area contributed by atoms with Crippen LogP contribution in [0, 0.1) is 23.2 Å². The summed E-state index contributed by atoms with van der Waals surface area (Å²) in [6.07, 6.45) is 46.2. The first-order valence-electron chi connectivity index (χ1n) is 22.5. The highest BCUT2D eigenvalue weighted by atomic mass is 16.5. The largest absolute Gasteiger partial charge is 0.469 e. The molecule has 0 heterocycles. The first-order valence-corrected chi connectivity index (χ1v) is 22.5. The van der Waals surface area contributed by atoms with Crippen molar-refractivity contribution in [2.75, 3.05) is 13.7 Å². The highest BCUT2D eigenvalue weighted by molar-refractivity contribution is 5.75. The molecule has 0 bridgehead atoms. The van der Waals surface area contributed by atoms with Gasteiger partial charge >= 0.3 is 11.9 Å². The summed E-state index contributed by atoms with van der Waals surface area (Å²) in [4.78, 5) is 22.9. The minimum atomic E-state index is -0.376. The molecule has 50 heavy (non-hydrogen) atoms. The van der Waals surface area contributed by atoms with Gasteiger partial charge in [-0.05, 0) is 57.8 Å². The van der Waals surface area contributed by atoms with Crippen LogP contribution in [0.25, 0.3) is 0 Å². The van der Waals surface area contributed by atoms with Crippen molar-refractivity contribution >= 4 is 11.9 Å². The molecule has 3 atom stereocenters. The second-order valence-corrected chi connectivity index (χ2v) is 17.5. The van der Waals surface area contributed by atoms with Gasteiger partial charge in [-0.15, -0.1) is 0 Å². The van der Waals surface area contributed by atoms with Crippen LogP contribution < -0.4 is 0 Å². The maximum Gasteiger partial charge on any atom is 0.311 e. The van der Waals surface area contributed by atoms with E-state index in [2.05, 4.69) is 6.92 Å². The zero-order chi connectivity index (χ0) is 36.5. The van der Waals surface area contributed by atoms with Gasteiger partial charge in [0.2, 0.25) is 0 Å². The van der Waals surface area contributed by atoms with Gasteiger partial charge in [0.15, 0.2) is 0 Å². The number of methoxy groups -OCH3 is 1. The first kappa shape index (κ1) is 47.0. The smallest absolute Gasteiger partial charge is 0.311 e. The highest BCUT2D eigenvalue weighted by Crippen LogP contribution is 2.48. The molecular weight excluding hydrogens is 617 g/mol.